The molecule has 1 atom stereocenters. The summed E-state index contributed by atoms with van der Waals surface area (Å²) in [6.45, 7) is 2.37. The Balaban J connectivity index is 1.48. The molecule has 8 heteroatoms. The lowest BCUT2D eigenvalue weighted by molar-refractivity contribution is -0.122. The zero-order valence-corrected chi connectivity index (χ0v) is 14.0. The van der Waals surface area contributed by atoms with Gasteiger partial charge in [-0.25, -0.2) is 0 Å². The maximum Gasteiger partial charge on any atom is 0.231 e. The molecule has 1 N–H and O–H groups in total. The molecule has 3 heterocycles. The van der Waals surface area contributed by atoms with E-state index in [9.17, 15) is 9.59 Å². The van der Waals surface area contributed by atoms with E-state index in [4.69, 9.17) is 9.47 Å². The minimum atomic E-state index is -0.409. The second kappa shape index (κ2) is 5.80. The smallest absolute Gasteiger partial charge is 0.231 e. The van der Waals surface area contributed by atoms with Gasteiger partial charge in [0.2, 0.25) is 18.6 Å². The van der Waals surface area contributed by atoms with Crippen molar-refractivity contribution >= 4 is 23.3 Å². The number of carbonyl (C=O) groups excluding carboxylic acids is 2. The Hall–Kier alpha value is -3.03. The highest BCUT2D eigenvalue weighted by Crippen LogP contribution is 2.37. The zero-order chi connectivity index (χ0) is 17.6. The molecule has 2 aliphatic heterocycles. The maximum atomic E-state index is 12.5. The molecule has 1 saturated heterocycles. The predicted molar refractivity (Wildman–Crippen MR) is 89.6 cm³/mol. The van der Waals surface area contributed by atoms with Gasteiger partial charge in [0, 0.05) is 37.8 Å². The Morgan fingerprint density at radius 2 is 2.08 bits per heavy atom. The molecule has 0 bridgehead atoms. The van der Waals surface area contributed by atoms with Crippen LogP contribution in [-0.2, 0) is 16.6 Å². The fourth-order valence-electron chi connectivity index (χ4n) is 3.14. The van der Waals surface area contributed by atoms with Crippen molar-refractivity contribution in [2.45, 2.75) is 13.3 Å². The Labute approximate surface area is 144 Å². The van der Waals surface area contributed by atoms with Crippen molar-refractivity contribution in [3.05, 3.63) is 30.0 Å². The zero-order valence-electron chi connectivity index (χ0n) is 14.0. The normalized spacial score (nSPS) is 18.7. The first-order valence-electron chi connectivity index (χ1n) is 8.03. The molecule has 0 aliphatic carbocycles. The summed E-state index contributed by atoms with van der Waals surface area (Å²) in [5.41, 5.74) is 1.53. The summed E-state index contributed by atoms with van der Waals surface area (Å²) in [7, 11) is 1.77. The van der Waals surface area contributed by atoms with Gasteiger partial charge in [-0.3, -0.25) is 14.3 Å². The standard InChI is InChI=1S/C17H18N4O4/c1-10-5-15(20(2)19-10)18-17(23)11-6-16(22)21(8-11)12-3-4-13-14(7-12)25-9-24-13/h3-5,7,11H,6,8-9H2,1-2H3,(H,18,23)/t11-/m0/s1. The van der Waals surface area contributed by atoms with Crippen molar-refractivity contribution < 1.29 is 19.1 Å². The molecule has 25 heavy (non-hydrogen) atoms. The molecule has 4 rings (SSSR count). The van der Waals surface area contributed by atoms with Gasteiger partial charge >= 0.3 is 0 Å². The summed E-state index contributed by atoms with van der Waals surface area (Å²) < 4.78 is 12.2. The fourth-order valence-corrected chi connectivity index (χ4v) is 3.14. The molecule has 8 nitrogen and oxygen atoms in total. The van der Waals surface area contributed by atoms with Crippen molar-refractivity contribution in [2.24, 2.45) is 13.0 Å². The number of nitrogens with zero attached hydrogens (tertiary/aromatic N) is 3. The first-order chi connectivity index (χ1) is 12.0. The summed E-state index contributed by atoms with van der Waals surface area (Å²) in [6, 6.07) is 7.14. The third kappa shape index (κ3) is 2.79. The van der Waals surface area contributed by atoms with E-state index in [1.54, 1.807) is 40.9 Å². The van der Waals surface area contributed by atoms with Crippen LogP contribution in [0.4, 0.5) is 11.5 Å². The van der Waals surface area contributed by atoms with Gasteiger partial charge in [0.15, 0.2) is 11.5 Å². The summed E-state index contributed by atoms with van der Waals surface area (Å²) in [6.07, 6.45) is 0.178. The van der Waals surface area contributed by atoms with Crippen molar-refractivity contribution in [3.63, 3.8) is 0 Å². The number of aryl methyl sites for hydroxylation is 2. The average Bonchev–Trinajstić information content (AvgIpc) is 3.26. The molecule has 0 saturated carbocycles. The van der Waals surface area contributed by atoms with Crippen molar-refractivity contribution in [1.29, 1.82) is 0 Å². The highest BCUT2D eigenvalue weighted by molar-refractivity contribution is 6.03. The van der Waals surface area contributed by atoms with Crippen LogP contribution in [-0.4, -0.2) is 34.9 Å². The number of hydrogen-bond donors (Lipinski definition) is 1. The Bertz CT molecular complexity index is 860. The van der Waals surface area contributed by atoms with Gasteiger partial charge in [0.1, 0.15) is 5.82 Å². The monoisotopic (exact) mass is 342 g/mol. The van der Waals surface area contributed by atoms with E-state index in [0.717, 1.165) is 5.69 Å². The summed E-state index contributed by atoms with van der Waals surface area (Å²) in [4.78, 5) is 26.5. The Morgan fingerprint density at radius 1 is 1.28 bits per heavy atom. The number of rotatable bonds is 3. The third-order valence-corrected chi connectivity index (χ3v) is 4.42. The first-order valence-corrected chi connectivity index (χ1v) is 8.03. The van der Waals surface area contributed by atoms with Gasteiger partial charge in [-0.2, -0.15) is 5.10 Å². The molecular weight excluding hydrogens is 324 g/mol. The number of benzene rings is 1. The van der Waals surface area contributed by atoms with Crippen LogP contribution in [0, 0.1) is 12.8 Å². The second-order valence-corrected chi connectivity index (χ2v) is 6.23. The minimum absolute atomic E-state index is 0.0831. The van der Waals surface area contributed by atoms with E-state index in [2.05, 4.69) is 10.4 Å². The van der Waals surface area contributed by atoms with Gasteiger partial charge < -0.3 is 19.7 Å². The van der Waals surface area contributed by atoms with Gasteiger partial charge in [0.05, 0.1) is 11.6 Å². The van der Waals surface area contributed by atoms with Crippen LogP contribution in [0.15, 0.2) is 24.3 Å². The number of hydrogen-bond acceptors (Lipinski definition) is 5. The largest absolute Gasteiger partial charge is 0.454 e. The lowest BCUT2D eigenvalue weighted by Crippen LogP contribution is -2.28. The van der Waals surface area contributed by atoms with Crippen LogP contribution in [0.1, 0.15) is 12.1 Å². The number of ether oxygens (including phenoxy) is 2. The van der Waals surface area contributed by atoms with Gasteiger partial charge in [-0.05, 0) is 19.1 Å². The van der Waals surface area contributed by atoms with Gasteiger partial charge in [-0.15, -0.1) is 0 Å². The molecular formula is C17H18N4O4. The lowest BCUT2D eigenvalue weighted by atomic mass is 10.1. The number of carbonyl (C=O) groups is 2. The molecule has 130 valence electrons. The maximum absolute atomic E-state index is 12.5. The molecule has 0 radical (unpaired) electrons. The second-order valence-electron chi connectivity index (χ2n) is 6.23. The summed E-state index contributed by atoms with van der Waals surface area (Å²) >= 11 is 0. The summed E-state index contributed by atoms with van der Waals surface area (Å²) in [5, 5.41) is 7.05. The first kappa shape index (κ1) is 15.5. The quantitative estimate of drug-likeness (QED) is 0.912. The van der Waals surface area contributed by atoms with Crippen LogP contribution in [0.2, 0.25) is 0 Å². The third-order valence-electron chi connectivity index (χ3n) is 4.42. The number of anilines is 2. The highest BCUT2D eigenvalue weighted by Gasteiger charge is 2.36. The molecule has 0 spiro atoms. The molecule has 1 fully saturated rings. The van der Waals surface area contributed by atoms with Crippen LogP contribution >= 0.6 is 0 Å². The molecule has 0 unspecified atom stereocenters. The highest BCUT2D eigenvalue weighted by atomic mass is 16.7. The number of aromatic nitrogens is 2. The average molecular weight is 342 g/mol. The minimum Gasteiger partial charge on any atom is -0.454 e. The summed E-state index contributed by atoms with van der Waals surface area (Å²) in [5.74, 6) is 1.23. The number of nitrogens with one attached hydrogen (secondary N) is 1. The van der Waals surface area contributed by atoms with E-state index in [0.29, 0.717) is 29.5 Å². The molecule has 1 aromatic heterocycles. The van der Waals surface area contributed by atoms with Crippen LogP contribution in [0.3, 0.4) is 0 Å². The fraction of sp³-hybridized carbons (Fsp3) is 0.353. The Morgan fingerprint density at radius 3 is 2.84 bits per heavy atom. The molecule has 2 aliphatic rings. The SMILES string of the molecule is Cc1cc(NC(=O)[C@H]2CC(=O)N(c3ccc4c(c3)OCO4)C2)n(C)n1. The van der Waals surface area contributed by atoms with E-state index in [1.807, 2.05) is 6.92 Å². The van der Waals surface area contributed by atoms with Crippen LogP contribution < -0.4 is 19.7 Å². The molecule has 2 amide bonds. The Kier molecular flexibility index (Phi) is 3.60. The topological polar surface area (TPSA) is 85.7 Å². The van der Waals surface area contributed by atoms with Crippen LogP contribution in [0.25, 0.3) is 0 Å². The lowest BCUT2D eigenvalue weighted by Gasteiger charge is -2.17. The van der Waals surface area contributed by atoms with Crippen LogP contribution in [0.5, 0.6) is 11.5 Å². The van der Waals surface area contributed by atoms with Crippen molar-refractivity contribution in [1.82, 2.24) is 9.78 Å². The van der Waals surface area contributed by atoms with E-state index in [1.165, 1.54) is 0 Å². The van der Waals surface area contributed by atoms with E-state index in [-0.39, 0.29) is 25.0 Å². The van der Waals surface area contributed by atoms with Gasteiger partial charge in [-0.1, -0.05) is 0 Å². The van der Waals surface area contributed by atoms with E-state index < -0.39 is 5.92 Å². The van der Waals surface area contributed by atoms with Crippen molar-refractivity contribution in [3.8, 4) is 11.5 Å². The molecule has 1 aromatic carbocycles. The van der Waals surface area contributed by atoms with E-state index >= 15 is 0 Å². The van der Waals surface area contributed by atoms with Crippen molar-refractivity contribution in [2.75, 3.05) is 23.6 Å². The number of amides is 2. The van der Waals surface area contributed by atoms with Gasteiger partial charge in [0.25, 0.3) is 0 Å². The predicted octanol–water partition coefficient (Wildman–Crippen LogP) is 1.45. The number of fused-ring (bicyclic) bond motifs is 1. The molecule has 2 aromatic rings.